The van der Waals surface area contributed by atoms with Gasteiger partial charge in [-0.1, -0.05) is 17.7 Å². The Balaban J connectivity index is 1.95. The topological polar surface area (TPSA) is 75.7 Å². The lowest BCUT2D eigenvalue weighted by Gasteiger charge is -2.26. The third-order valence-electron chi connectivity index (χ3n) is 4.69. The van der Waals surface area contributed by atoms with Crippen LogP contribution in [0.15, 0.2) is 41.3 Å². The van der Waals surface area contributed by atoms with E-state index in [4.69, 9.17) is 16.3 Å². The molecule has 0 fully saturated rings. The van der Waals surface area contributed by atoms with Gasteiger partial charge in [-0.3, -0.25) is 9.52 Å². The van der Waals surface area contributed by atoms with Crippen molar-refractivity contribution < 1.29 is 17.9 Å². The molecule has 150 valence electrons. The molecule has 1 heterocycles. The van der Waals surface area contributed by atoms with E-state index in [1.165, 1.54) is 12.1 Å². The minimum Gasteiger partial charge on any atom is -0.490 e. The van der Waals surface area contributed by atoms with Crippen molar-refractivity contribution in [3.63, 3.8) is 0 Å². The first-order valence-corrected chi connectivity index (χ1v) is 10.8. The Labute approximate surface area is 170 Å². The molecule has 0 atom stereocenters. The number of fused-ring (bicyclic) bond motifs is 1. The molecule has 0 unspecified atom stereocenters. The van der Waals surface area contributed by atoms with Crippen LogP contribution < -0.4 is 14.4 Å². The Morgan fingerprint density at radius 2 is 1.93 bits per heavy atom. The molecule has 0 aliphatic carbocycles. The zero-order valence-corrected chi connectivity index (χ0v) is 17.8. The van der Waals surface area contributed by atoms with Crippen molar-refractivity contribution in [1.29, 1.82) is 0 Å². The number of sulfonamides is 1. The summed E-state index contributed by atoms with van der Waals surface area (Å²) in [5.41, 5.74) is 1.09. The fourth-order valence-corrected chi connectivity index (χ4v) is 4.30. The van der Waals surface area contributed by atoms with Crippen LogP contribution in [0, 0.1) is 12.3 Å². The highest BCUT2D eigenvalue weighted by Gasteiger charge is 2.37. The van der Waals surface area contributed by atoms with Crippen molar-refractivity contribution in [3.05, 3.63) is 47.0 Å². The standard InChI is InChI=1S/C20H23ClN2O4S/c1-5-23-17-9-7-14(10-18(17)27-12-20(3,4)19(23)24)22-28(25,26)15-8-6-13(2)16(21)11-15/h6-11,22H,5,12H2,1-4H3. The SMILES string of the molecule is CCN1C(=O)C(C)(C)COc2cc(NS(=O)(=O)c3ccc(C)c(Cl)c3)ccc21. The molecule has 1 N–H and O–H groups in total. The first-order valence-electron chi connectivity index (χ1n) is 8.93. The molecule has 28 heavy (non-hydrogen) atoms. The minimum absolute atomic E-state index is 0.0311. The maximum absolute atomic E-state index is 12.7. The van der Waals surface area contributed by atoms with E-state index in [1.54, 1.807) is 36.1 Å². The van der Waals surface area contributed by atoms with E-state index in [-0.39, 0.29) is 17.4 Å². The van der Waals surface area contributed by atoms with Crippen LogP contribution in [-0.2, 0) is 14.8 Å². The van der Waals surface area contributed by atoms with Crippen molar-refractivity contribution in [1.82, 2.24) is 0 Å². The molecular formula is C20H23ClN2O4S. The van der Waals surface area contributed by atoms with E-state index < -0.39 is 15.4 Å². The number of halogens is 1. The van der Waals surface area contributed by atoms with Gasteiger partial charge in [0.1, 0.15) is 12.4 Å². The van der Waals surface area contributed by atoms with Gasteiger partial charge in [0.2, 0.25) is 5.91 Å². The molecule has 0 saturated carbocycles. The van der Waals surface area contributed by atoms with E-state index in [2.05, 4.69) is 4.72 Å². The number of carbonyl (C=O) groups is 1. The number of aryl methyl sites for hydroxylation is 1. The number of carbonyl (C=O) groups excluding carboxylic acids is 1. The Morgan fingerprint density at radius 3 is 2.57 bits per heavy atom. The van der Waals surface area contributed by atoms with Gasteiger partial charge in [-0.25, -0.2) is 8.42 Å². The summed E-state index contributed by atoms with van der Waals surface area (Å²) in [5, 5.41) is 0.382. The summed E-state index contributed by atoms with van der Waals surface area (Å²) in [6.07, 6.45) is 0. The quantitative estimate of drug-likeness (QED) is 0.800. The van der Waals surface area contributed by atoms with E-state index in [0.717, 1.165) is 5.56 Å². The third kappa shape index (κ3) is 3.82. The summed E-state index contributed by atoms with van der Waals surface area (Å²) in [6.45, 7) is 8.05. The molecule has 0 bridgehead atoms. The van der Waals surface area contributed by atoms with Crippen LogP contribution in [0.25, 0.3) is 0 Å². The van der Waals surface area contributed by atoms with Crippen LogP contribution in [-0.4, -0.2) is 27.5 Å². The highest BCUT2D eigenvalue weighted by atomic mass is 35.5. The first-order chi connectivity index (χ1) is 13.0. The number of hydrogen-bond acceptors (Lipinski definition) is 4. The number of nitrogens with one attached hydrogen (secondary N) is 1. The molecule has 1 amide bonds. The summed E-state index contributed by atoms with van der Waals surface area (Å²) >= 11 is 6.06. The molecule has 2 aromatic rings. The Bertz CT molecular complexity index is 1030. The van der Waals surface area contributed by atoms with Gasteiger partial charge in [0.15, 0.2) is 0 Å². The number of anilines is 2. The van der Waals surface area contributed by atoms with Crippen LogP contribution in [0.2, 0.25) is 5.02 Å². The van der Waals surface area contributed by atoms with E-state index in [1.807, 2.05) is 20.8 Å². The molecule has 0 radical (unpaired) electrons. The average molecular weight is 423 g/mol. The Hall–Kier alpha value is -2.25. The Morgan fingerprint density at radius 1 is 1.21 bits per heavy atom. The van der Waals surface area contributed by atoms with Gasteiger partial charge in [0.05, 0.1) is 21.7 Å². The fraction of sp³-hybridized carbons (Fsp3) is 0.350. The van der Waals surface area contributed by atoms with Crippen molar-refractivity contribution in [2.75, 3.05) is 22.8 Å². The molecule has 3 rings (SSSR count). The van der Waals surface area contributed by atoms with Crippen LogP contribution in [0.3, 0.4) is 0 Å². The predicted molar refractivity (Wildman–Crippen MR) is 111 cm³/mol. The van der Waals surface area contributed by atoms with Gasteiger partial charge in [0, 0.05) is 17.6 Å². The fourth-order valence-electron chi connectivity index (χ4n) is 2.98. The predicted octanol–water partition coefficient (Wildman–Crippen LogP) is 4.22. The molecule has 8 heteroatoms. The van der Waals surface area contributed by atoms with Gasteiger partial charge in [-0.05, 0) is 57.5 Å². The molecule has 0 saturated heterocycles. The van der Waals surface area contributed by atoms with Gasteiger partial charge < -0.3 is 9.64 Å². The zero-order valence-electron chi connectivity index (χ0n) is 16.2. The summed E-state index contributed by atoms with van der Waals surface area (Å²) in [7, 11) is -3.81. The summed E-state index contributed by atoms with van der Waals surface area (Å²) in [4.78, 5) is 14.5. The lowest BCUT2D eigenvalue weighted by molar-refractivity contribution is -0.127. The Kier molecular flexibility index (Phi) is 5.34. The van der Waals surface area contributed by atoms with E-state index >= 15 is 0 Å². The second-order valence-corrected chi connectivity index (χ2v) is 9.51. The molecule has 6 nitrogen and oxygen atoms in total. The molecule has 1 aliphatic rings. The molecule has 0 aromatic heterocycles. The maximum atomic E-state index is 12.7. The minimum atomic E-state index is -3.81. The van der Waals surface area contributed by atoms with Gasteiger partial charge in [0.25, 0.3) is 10.0 Å². The average Bonchev–Trinajstić information content (AvgIpc) is 2.72. The summed E-state index contributed by atoms with van der Waals surface area (Å²) < 4.78 is 33.8. The lowest BCUT2D eigenvalue weighted by atomic mass is 9.93. The van der Waals surface area contributed by atoms with Crippen molar-refractivity contribution in [2.24, 2.45) is 5.41 Å². The largest absolute Gasteiger partial charge is 0.490 e. The van der Waals surface area contributed by atoms with Crippen LogP contribution >= 0.6 is 11.6 Å². The first kappa shape index (κ1) is 20.5. The van der Waals surface area contributed by atoms with Gasteiger partial charge >= 0.3 is 0 Å². The number of hydrogen-bond donors (Lipinski definition) is 1. The van der Waals surface area contributed by atoms with E-state index in [9.17, 15) is 13.2 Å². The molecule has 1 aliphatic heterocycles. The summed E-state index contributed by atoms with van der Waals surface area (Å²) in [6, 6.07) is 9.48. The second-order valence-electron chi connectivity index (χ2n) is 7.42. The maximum Gasteiger partial charge on any atom is 0.261 e. The van der Waals surface area contributed by atoms with Crippen molar-refractivity contribution in [2.45, 2.75) is 32.6 Å². The second kappa shape index (κ2) is 7.29. The monoisotopic (exact) mass is 422 g/mol. The normalized spacial score (nSPS) is 16.2. The van der Waals surface area contributed by atoms with E-state index in [0.29, 0.717) is 28.7 Å². The molecule has 2 aromatic carbocycles. The highest BCUT2D eigenvalue weighted by Crippen LogP contribution is 2.38. The highest BCUT2D eigenvalue weighted by molar-refractivity contribution is 7.92. The van der Waals surface area contributed by atoms with Crippen molar-refractivity contribution in [3.8, 4) is 5.75 Å². The number of rotatable bonds is 4. The number of benzene rings is 2. The lowest BCUT2D eigenvalue weighted by Crippen LogP contribution is -2.42. The van der Waals surface area contributed by atoms with Gasteiger partial charge in [-0.2, -0.15) is 0 Å². The van der Waals surface area contributed by atoms with Gasteiger partial charge in [-0.15, -0.1) is 0 Å². The number of ether oxygens (including phenoxy) is 1. The van der Waals surface area contributed by atoms with Crippen LogP contribution in [0.1, 0.15) is 26.3 Å². The number of amides is 1. The third-order valence-corrected chi connectivity index (χ3v) is 6.47. The summed E-state index contributed by atoms with van der Waals surface area (Å²) in [5.74, 6) is 0.430. The van der Waals surface area contributed by atoms with Crippen molar-refractivity contribution >= 4 is 38.9 Å². The zero-order chi connectivity index (χ0) is 20.7. The smallest absolute Gasteiger partial charge is 0.261 e. The van der Waals surface area contributed by atoms with Crippen LogP contribution in [0.4, 0.5) is 11.4 Å². The molecular weight excluding hydrogens is 400 g/mol. The van der Waals surface area contributed by atoms with Crippen LogP contribution in [0.5, 0.6) is 5.75 Å². The molecule has 0 spiro atoms. The number of nitrogens with zero attached hydrogens (tertiary/aromatic N) is 1.